The first-order valence-corrected chi connectivity index (χ1v) is 9.13. The molecule has 2 amide bonds. The number of benzene rings is 2. The Balaban J connectivity index is 1.77. The largest absolute Gasteiger partial charge is 0.468 e. The third kappa shape index (κ3) is 5.02. The van der Waals surface area contributed by atoms with E-state index in [2.05, 4.69) is 15.4 Å². The van der Waals surface area contributed by atoms with Crippen molar-refractivity contribution in [2.45, 2.75) is 0 Å². The van der Waals surface area contributed by atoms with Gasteiger partial charge in [-0.05, 0) is 48.5 Å². The molecular weight excluding hydrogens is 405 g/mol. The smallest absolute Gasteiger partial charge is 0.325 e. The third-order valence-electron chi connectivity index (χ3n) is 4.33. The molecule has 0 saturated carbocycles. The maximum absolute atomic E-state index is 13.7. The first-order chi connectivity index (χ1) is 14.9. The molecule has 3 rings (SSSR count). The molecule has 0 saturated heterocycles. The monoisotopic (exact) mass is 423 g/mol. The van der Waals surface area contributed by atoms with Crippen LogP contribution in [0.4, 0.5) is 10.1 Å². The van der Waals surface area contributed by atoms with Crippen LogP contribution in [0.25, 0.3) is 5.69 Å². The molecule has 0 bridgehead atoms. The Labute approximate surface area is 176 Å². The number of anilines is 1. The Morgan fingerprint density at radius 1 is 0.935 bits per heavy atom. The number of hydrogen-bond acceptors (Lipinski definition) is 5. The molecule has 0 radical (unpaired) electrons. The SMILES string of the molecule is COC(=O)CNC(=O)c1cccn(-c2ccc(NC(=O)c3ccccc3F)cc2)c1=O. The average Bonchev–Trinajstić information content (AvgIpc) is 2.78. The zero-order valence-corrected chi connectivity index (χ0v) is 16.4. The number of halogens is 1. The number of nitrogens with one attached hydrogen (secondary N) is 2. The molecule has 0 spiro atoms. The number of rotatable bonds is 6. The van der Waals surface area contributed by atoms with Gasteiger partial charge >= 0.3 is 5.97 Å². The summed E-state index contributed by atoms with van der Waals surface area (Å²) in [4.78, 5) is 48.3. The van der Waals surface area contributed by atoms with E-state index < -0.39 is 29.2 Å². The van der Waals surface area contributed by atoms with Gasteiger partial charge in [0.1, 0.15) is 17.9 Å². The predicted octanol–water partition coefficient (Wildman–Crippen LogP) is 2.13. The normalized spacial score (nSPS) is 10.3. The fraction of sp³-hybridized carbons (Fsp3) is 0.0909. The molecule has 158 valence electrons. The predicted molar refractivity (Wildman–Crippen MR) is 111 cm³/mol. The van der Waals surface area contributed by atoms with E-state index in [1.54, 1.807) is 30.3 Å². The fourth-order valence-electron chi connectivity index (χ4n) is 2.74. The Morgan fingerprint density at radius 3 is 2.29 bits per heavy atom. The van der Waals surface area contributed by atoms with E-state index in [0.29, 0.717) is 11.4 Å². The van der Waals surface area contributed by atoms with E-state index in [1.165, 1.54) is 48.2 Å². The van der Waals surface area contributed by atoms with Crippen molar-refractivity contribution in [3.63, 3.8) is 0 Å². The summed E-state index contributed by atoms with van der Waals surface area (Å²) in [5, 5.41) is 4.90. The van der Waals surface area contributed by atoms with E-state index in [9.17, 15) is 23.6 Å². The highest BCUT2D eigenvalue weighted by Crippen LogP contribution is 2.15. The van der Waals surface area contributed by atoms with Gasteiger partial charge in [0.25, 0.3) is 17.4 Å². The van der Waals surface area contributed by atoms with Crippen molar-refractivity contribution in [1.29, 1.82) is 0 Å². The average molecular weight is 423 g/mol. The number of aromatic nitrogens is 1. The Hall–Kier alpha value is -4.27. The molecule has 0 aliphatic carbocycles. The first kappa shape index (κ1) is 21.4. The summed E-state index contributed by atoms with van der Waals surface area (Å²) in [5.74, 6) is -2.59. The Kier molecular flexibility index (Phi) is 6.56. The van der Waals surface area contributed by atoms with Crippen molar-refractivity contribution in [2.24, 2.45) is 0 Å². The van der Waals surface area contributed by atoms with E-state index in [-0.39, 0.29) is 17.7 Å². The number of ether oxygens (including phenoxy) is 1. The Morgan fingerprint density at radius 2 is 1.61 bits per heavy atom. The summed E-state index contributed by atoms with van der Waals surface area (Å²) >= 11 is 0. The number of hydrogen-bond donors (Lipinski definition) is 2. The van der Waals surface area contributed by atoms with Gasteiger partial charge in [-0.15, -0.1) is 0 Å². The summed E-state index contributed by atoms with van der Waals surface area (Å²) < 4.78 is 19.4. The lowest BCUT2D eigenvalue weighted by molar-refractivity contribution is -0.139. The molecule has 0 fully saturated rings. The van der Waals surface area contributed by atoms with Gasteiger partial charge in [-0.2, -0.15) is 0 Å². The zero-order chi connectivity index (χ0) is 22.4. The summed E-state index contributed by atoms with van der Waals surface area (Å²) in [5.41, 5.74) is 0.0124. The van der Waals surface area contributed by atoms with Gasteiger partial charge < -0.3 is 15.4 Å². The van der Waals surface area contributed by atoms with Crippen LogP contribution in [0.15, 0.2) is 71.7 Å². The molecule has 0 aliphatic heterocycles. The lowest BCUT2D eigenvalue weighted by atomic mass is 10.2. The van der Waals surface area contributed by atoms with E-state index in [4.69, 9.17) is 0 Å². The standard InChI is InChI=1S/C22H18FN3O5/c1-31-19(27)13-24-20(28)17-6-4-12-26(22(17)30)15-10-8-14(9-11-15)25-21(29)16-5-2-3-7-18(16)23/h2-12H,13H2,1H3,(H,24,28)(H,25,29). The number of pyridine rings is 1. The summed E-state index contributed by atoms with van der Waals surface area (Å²) in [6, 6.07) is 14.7. The van der Waals surface area contributed by atoms with Crippen molar-refractivity contribution in [3.8, 4) is 5.69 Å². The molecule has 1 heterocycles. The van der Waals surface area contributed by atoms with Crippen LogP contribution >= 0.6 is 0 Å². The second kappa shape index (κ2) is 9.49. The van der Waals surface area contributed by atoms with Gasteiger partial charge in [-0.25, -0.2) is 4.39 Å². The van der Waals surface area contributed by atoms with Gasteiger partial charge in [0.05, 0.1) is 12.7 Å². The van der Waals surface area contributed by atoms with Crippen molar-refractivity contribution in [1.82, 2.24) is 9.88 Å². The van der Waals surface area contributed by atoms with Gasteiger partial charge in [0, 0.05) is 17.6 Å². The van der Waals surface area contributed by atoms with Crippen molar-refractivity contribution in [2.75, 3.05) is 19.0 Å². The van der Waals surface area contributed by atoms with Crippen LogP contribution < -0.4 is 16.2 Å². The number of carbonyl (C=O) groups excluding carboxylic acids is 3. The number of esters is 1. The lowest BCUT2D eigenvalue weighted by Gasteiger charge is -2.10. The highest BCUT2D eigenvalue weighted by Gasteiger charge is 2.15. The van der Waals surface area contributed by atoms with Gasteiger partial charge in [-0.3, -0.25) is 23.7 Å². The molecule has 2 aromatic carbocycles. The van der Waals surface area contributed by atoms with Gasteiger partial charge in [0.15, 0.2) is 0 Å². The maximum Gasteiger partial charge on any atom is 0.325 e. The molecule has 3 aromatic rings. The minimum atomic E-state index is -0.710. The molecule has 31 heavy (non-hydrogen) atoms. The van der Waals surface area contributed by atoms with Crippen molar-refractivity contribution >= 4 is 23.5 Å². The zero-order valence-electron chi connectivity index (χ0n) is 16.4. The summed E-state index contributed by atoms with van der Waals surface area (Å²) in [6.45, 7) is -0.361. The third-order valence-corrected chi connectivity index (χ3v) is 4.33. The van der Waals surface area contributed by atoms with Crippen LogP contribution in [0.3, 0.4) is 0 Å². The molecule has 0 unspecified atom stereocenters. The molecule has 2 N–H and O–H groups in total. The highest BCUT2D eigenvalue weighted by atomic mass is 19.1. The molecular formula is C22H18FN3O5. The molecule has 0 aliphatic rings. The quantitative estimate of drug-likeness (QED) is 0.591. The lowest BCUT2D eigenvalue weighted by Crippen LogP contribution is -2.35. The van der Waals surface area contributed by atoms with Crippen LogP contribution in [0.2, 0.25) is 0 Å². The minimum Gasteiger partial charge on any atom is -0.468 e. The van der Waals surface area contributed by atoms with Crippen molar-refractivity contribution in [3.05, 3.63) is 94.2 Å². The summed E-state index contributed by atoms with van der Waals surface area (Å²) in [7, 11) is 1.19. The van der Waals surface area contributed by atoms with Crippen LogP contribution in [0.5, 0.6) is 0 Å². The molecule has 9 heteroatoms. The number of methoxy groups -OCH3 is 1. The van der Waals surface area contributed by atoms with Gasteiger partial charge in [0.2, 0.25) is 0 Å². The number of amides is 2. The number of nitrogens with zero attached hydrogens (tertiary/aromatic N) is 1. The van der Waals surface area contributed by atoms with E-state index >= 15 is 0 Å². The minimum absolute atomic E-state index is 0.0894. The Bertz CT molecular complexity index is 1190. The van der Waals surface area contributed by atoms with E-state index in [0.717, 1.165) is 0 Å². The van der Waals surface area contributed by atoms with Crippen LogP contribution in [-0.4, -0.2) is 36.0 Å². The summed E-state index contributed by atoms with van der Waals surface area (Å²) in [6.07, 6.45) is 1.48. The topological polar surface area (TPSA) is 106 Å². The fourth-order valence-corrected chi connectivity index (χ4v) is 2.74. The maximum atomic E-state index is 13.7. The van der Waals surface area contributed by atoms with Crippen LogP contribution in [0.1, 0.15) is 20.7 Å². The molecule has 1 aromatic heterocycles. The first-order valence-electron chi connectivity index (χ1n) is 9.13. The van der Waals surface area contributed by atoms with Crippen LogP contribution in [-0.2, 0) is 9.53 Å². The second-order valence-corrected chi connectivity index (χ2v) is 6.34. The number of carbonyl (C=O) groups is 3. The highest BCUT2D eigenvalue weighted by molar-refractivity contribution is 6.04. The molecule has 0 atom stereocenters. The van der Waals surface area contributed by atoms with Gasteiger partial charge in [-0.1, -0.05) is 12.1 Å². The van der Waals surface area contributed by atoms with Crippen LogP contribution in [0, 0.1) is 5.82 Å². The van der Waals surface area contributed by atoms with Crippen molar-refractivity contribution < 1.29 is 23.5 Å². The molecule has 8 nitrogen and oxygen atoms in total. The van der Waals surface area contributed by atoms with E-state index in [1.807, 2.05) is 0 Å². The second-order valence-electron chi connectivity index (χ2n) is 6.34.